The van der Waals surface area contributed by atoms with Crippen molar-refractivity contribution < 1.29 is 14.3 Å². The van der Waals surface area contributed by atoms with E-state index in [0.29, 0.717) is 5.57 Å². The quantitative estimate of drug-likeness (QED) is 0.897. The second-order valence-electron chi connectivity index (χ2n) is 6.46. The van der Waals surface area contributed by atoms with Gasteiger partial charge in [-0.25, -0.2) is 0 Å². The molecule has 1 aliphatic heterocycles. The zero-order valence-corrected chi connectivity index (χ0v) is 14.8. The molecule has 130 valence electrons. The smallest absolute Gasteiger partial charge is 0.251 e. The van der Waals surface area contributed by atoms with E-state index in [9.17, 15) is 4.79 Å². The van der Waals surface area contributed by atoms with Crippen LogP contribution in [-0.4, -0.2) is 19.6 Å². The van der Waals surface area contributed by atoms with Crippen molar-refractivity contribution >= 4 is 12.0 Å². The summed E-state index contributed by atoms with van der Waals surface area (Å²) in [4.78, 5) is 12.7. The van der Waals surface area contributed by atoms with Crippen LogP contribution in [0.4, 0.5) is 0 Å². The van der Waals surface area contributed by atoms with E-state index in [2.05, 4.69) is 19.2 Å². The highest BCUT2D eigenvalue weighted by molar-refractivity contribution is 5.99. The number of carbonyl (C=O) groups excluding carboxylic acids is 1. The normalized spacial score (nSPS) is 14.2. The van der Waals surface area contributed by atoms with E-state index in [1.165, 1.54) is 0 Å². The van der Waals surface area contributed by atoms with Crippen molar-refractivity contribution in [3.8, 4) is 11.5 Å². The summed E-state index contributed by atoms with van der Waals surface area (Å²) in [6.45, 7) is 4.47. The third-order valence-electron chi connectivity index (χ3n) is 4.35. The van der Waals surface area contributed by atoms with Gasteiger partial charge in [-0.2, -0.15) is 0 Å². The van der Waals surface area contributed by atoms with Crippen LogP contribution in [-0.2, 0) is 4.79 Å². The van der Waals surface area contributed by atoms with E-state index in [0.717, 1.165) is 22.6 Å². The van der Waals surface area contributed by atoms with E-state index >= 15 is 0 Å². The first-order valence-corrected chi connectivity index (χ1v) is 8.45. The molecular weight excluding hydrogens is 314 g/mol. The molecule has 25 heavy (non-hydrogen) atoms. The second-order valence-corrected chi connectivity index (χ2v) is 6.46. The summed E-state index contributed by atoms with van der Waals surface area (Å²) in [5.41, 5.74) is 2.63. The van der Waals surface area contributed by atoms with E-state index in [4.69, 9.17) is 9.47 Å². The molecule has 1 N–H and O–H groups in total. The number of para-hydroxylation sites is 1. The van der Waals surface area contributed by atoms with Gasteiger partial charge >= 0.3 is 0 Å². The third-order valence-corrected chi connectivity index (χ3v) is 4.35. The Hall–Kier alpha value is -2.75. The maximum Gasteiger partial charge on any atom is 0.251 e. The number of ether oxygens (including phenoxy) is 2. The highest BCUT2D eigenvalue weighted by Gasteiger charge is 2.22. The predicted octanol–water partition coefficient (Wildman–Crippen LogP) is 3.98. The Morgan fingerprint density at radius 2 is 1.84 bits per heavy atom. The van der Waals surface area contributed by atoms with Gasteiger partial charge in [0.05, 0.1) is 18.7 Å². The molecule has 1 unspecified atom stereocenters. The van der Waals surface area contributed by atoms with Crippen LogP contribution >= 0.6 is 0 Å². The molecular formula is C21H23NO3. The Balaban J connectivity index is 1.78. The van der Waals surface area contributed by atoms with Crippen molar-refractivity contribution in [2.75, 3.05) is 13.7 Å². The molecule has 0 radical (unpaired) electrons. The summed E-state index contributed by atoms with van der Waals surface area (Å²) in [6.07, 6.45) is 1.90. The van der Waals surface area contributed by atoms with Crippen LogP contribution in [0.1, 0.15) is 31.0 Å². The molecule has 0 saturated carbocycles. The monoisotopic (exact) mass is 337 g/mol. The van der Waals surface area contributed by atoms with Gasteiger partial charge in [0.15, 0.2) is 0 Å². The molecule has 1 amide bonds. The number of fused-ring (bicyclic) bond motifs is 1. The van der Waals surface area contributed by atoms with Crippen molar-refractivity contribution in [2.45, 2.75) is 19.9 Å². The lowest BCUT2D eigenvalue weighted by molar-refractivity contribution is -0.118. The van der Waals surface area contributed by atoms with Gasteiger partial charge in [-0.1, -0.05) is 44.2 Å². The van der Waals surface area contributed by atoms with Gasteiger partial charge in [-0.05, 0) is 35.8 Å². The number of carbonyl (C=O) groups is 1. The predicted molar refractivity (Wildman–Crippen MR) is 98.6 cm³/mol. The zero-order valence-electron chi connectivity index (χ0n) is 14.8. The summed E-state index contributed by atoms with van der Waals surface area (Å²) < 4.78 is 10.9. The van der Waals surface area contributed by atoms with Crippen LogP contribution in [0.5, 0.6) is 11.5 Å². The Bertz CT molecular complexity index is 778. The van der Waals surface area contributed by atoms with E-state index < -0.39 is 0 Å². The molecule has 0 fully saturated rings. The summed E-state index contributed by atoms with van der Waals surface area (Å²) in [6, 6.07) is 15.5. The average Bonchev–Trinajstić information content (AvgIpc) is 2.65. The van der Waals surface area contributed by atoms with Gasteiger partial charge in [-0.3, -0.25) is 4.79 Å². The number of methoxy groups -OCH3 is 1. The van der Waals surface area contributed by atoms with E-state index in [1.807, 2.05) is 54.6 Å². The Labute approximate surface area is 148 Å². The van der Waals surface area contributed by atoms with Crippen LogP contribution < -0.4 is 14.8 Å². The van der Waals surface area contributed by atoms with Crippen LogP contribution in [0, 0.1) is 5.92 Å². The number of nitrogens with one attached hydrogen (secondary N) is 1. The fraction of sp³-hybridized carbons (Fsp3) is 0.286. The maximum absolute atomic E-state index is 12.7. The molecule has 0 aliphatic carbocycles. The Morgan fingerprint density at radius 3 is 2.52 bits per heavy atom. The SMILES string of the molecule is COc1ccc(C(NC(=O)C2=Cc3ccccc3OC2)C(C)C)cc1. The molecule has 4 heteroatoms. The first-order chi connectivity index (χ1) is 12.1. The van der Waals surface area contributed by atoms with E-state index in [1.54, 1.807) is 7.11 Å². The van der Waals surface area contributed by atoms with Gasteiger partial charge in [0.25, 0.3) is 5.91 Å². The Kier molecular flexibility index (Phi) is 5.08. The lowest BCUT2D eigenvalue weighted by atomic mass is 9.95. The third kappa shape index (κ3) is 3.85. The largest absolute Gasteiger partial charge is 0.497 e. The fourth-order valence-electron chi connectivity index (χ4n) is 2.93. The lowest BCUT2D eigenvalue weighted by Crippen LogP contribution is -2.34. The van der Waals surface area contributed by atoms with Gasteiger partial charge < -0.3 is 14.8 Å². The highest BCUT2D eigenvalue weighted by atomic mass is 16.5. The van der Waals surface area contributed by atoms with Crippen LogP contribution in [0.25, 0.3) is 6.08 Å². The van der Waals surface area contributed by atoms with Crippen LogP contribution in [0.2, 0.25) is 0 Å². The maximum atomic E-state index is 12.7. The van der Waals surface area contributed by atoms with Crippen LogP contribution in [0.15, 0.2) is 54.1 Å². The fourth-order valence-corrected chi connectivity index (χ4v) is 2.93. The molecule has 1 heterocycles. The summed E-state index contributed by atoms with van der Waals surface area (Å²) in [7, 11) is 1.64. The number of benzene rings is 2. The van der Waals surface area contributed by atoms with E-state index in [-0.39, 0.29) is 24.5 Å². The first-order valence-electron chi connectivity index (χ1n) is 8.45. The molecule has 4 nitrogen and oxygen atoms in total. The molecule has 2 aromatic carbocycles. The molecule has 0 saturated heterocycles. The Morgan fingerprint density at radius 1 is 1.12 bits per heavy atom. The minimum atomic E-state index is -0.0935. The molecule has 0 spiro atoms. The molecule has 3 rings (SSSR count). The summed E-state index contributed by atoms with van der Waals surface area (Å²) in [5.74, 6) is 1.78. The number of hydrogen-bond acceptors (Lipinski definition) is 3. The summed E-state index contributed by atoms with van der Waals surface area (Å²) >= 11 is 0. The van der Waals surface area contributed by atoms with Crippen molar-refractivity contribution in [1.82, 2.24) is 5.32 Å². The molecule has 1 atom stereocenters. The minimum Gasteiger partial charge on any atom is -0.497 e. The lowest BCUT2D eigenvalue weighted by Gasteiger charge is -2.25. The van der Waals surface area contributed by atoms with Gasteiger partial charge in [0.1, 0.15) is 18.1 Å². The molecule has 0 bridgehead atoms. The highest BCUT2D eigenvalue weighted by Crippen LogP contribution is 2.28. The van der Waals surface area contributed by atoms with Gasteiger partial charge in [-0.15, -0.1) is 0 Å². The van der Waals surface area contributed by atoms with Crippen molar-refractivity contribution in [2.24, 2.45) is 5.92 Å². The first kappa shape index (κ1) is 17.1. The topological polar surface area (TPSA) is 47.6 Å². The average molecular weight is 337 g/mol. The van der Waals surface area contributed by atoms with Crippen molar-refractivity contribution in [1.29, 1.82) is 0 Å². The molecule has 1 aliphatic rings. The zero-order chi connectivity index (χ0) is 17.8. The second kappa shape index (κ2) is 7.43. The summed E-state index contributed by atoms with van der Waals surface area (Å²) in [5, 5.41) is 3.14. The van der Waals surface area contributed by atoms with Crippen LogP contribution in [0.3, 0.4) is 0 Å². The number of amides is 1. The van der Waals surface area contributed by atoms with Gasteiger partial charge in [0.2, 0.25) is 0 Å². The molecule has 2 aromatic rings. The van der Waals surface area contributed by atoms with Gasteiger partial charge in [0, 0.05) is 5.56 Å². The minimum absolute atomic E-state index is 0.0727. The standard InChI is InChI=1S/C21H23NO3/c1-14(2)20(15-8-10-18(24-3)11-9-15)22-21(23)17-12-16-6-4-5-7-19(16)25-13-17/h4-12,14,20H,13H2,1-3H3,(H,22,23). The number of rotatable bonds is 5. The number of hydrogen-bond donors (Lipinski definition) is 1. The molecule has 0 aromatic heterocycles. The van der Waals surface area contributed by atoms with Crippen molar-refractivity contribution in [3.63, 3.8) is 0 Å². The van der Waals surface area contributed by atoms with Crippen molar-refractivity contribution in [3.05, 3.63) is 65.2 Å².